The lowest BCUT2D eigenvalue weighted by Gasteiger charge is -2.14. The van der Waals surface area contributed by atoms with Gasteiger partial charge < -0.3 is 20.7 Å². The van der Waals surface area contributed by atoms with Crippen LogP contribution < -0.4 is 20.7 Å². The van der Waals surface area contributed by atoms with Crippen molar-refractivity contribution in [1.82, 2.24) is 19.5 Å². The number of hydrogen-bond acceptors (Lipinski definition) is 6. The molecule has 12 heteroatoms. The number of ether oxygens (including phenoxy) is 1. The first-order valence-electron chi connectivity index (χ1n) is 9.89. The summed E-state index contributed by atoms with van der Waals surface area (Å²) in [6.07, 6.45) is 0.169. The van der Waals surface area contributed by atoms with Crippen LogP contribution in [0.3, 0.4) is 0 Å². The Balaban J connectivity index is 1.40. The second kappa shape index (κ2) is 9.48. The van der Waals surface area contributed by atoms with E-state index in [2.05, 4.69) is 35.6 Å². The molecule has 0 radical (unpaired) electrons. The zero-order valence-electron chi connectivity index (χ0n) is 17.7. The first kappa shape index (κ1) is 22.6. The number of alkyl halides is 3. The van der Waals surface area contributed by atoms with Crippen molar-refractivity contribution in [3.05, 3.63) is 79.1 Å². The van der Waals surface area contributed by atoms with Crippen molar-refractivity contribution in [3.8, 4) is 11.6 Å². The largest absolute Gasteiger partial charge is 0.573 e. The second-order valence-corrected chi connectivity index (χ2v) is 6.95. The molecule has 0 unspecified atom stereocenters. The predicted molar refractivity (Wildman–Crippen MR) is 119 cm³/mol. The number of rotatable bonds is 6. The number of amides is 2. The Hall–Kier alpha value is -4.61. The summed E-state index contributed by atoms with van der Waals surface area (Å²) in [5, 5.41) is 8.06. The molecule has 0 aliphatic rings. The first-order valence-corrected chi connectivity index (χ1v) is 9.89. The van der Waals surface area contributed by atoms with Gasteiger partial charge in [0, 0.05) is 29.8 Å². The van der Waals surface area contributed by atoms with Crippen LogP contribution in [0.2, 0.25) is 0 Å². The van der Waals surface area contributed by atoms with E-state index < -0.39 is 18.1 Å². The molecule has 0 spiro atoms. The molecule has 34 heavy (non-hydrogen) atoms. The lowest BCUT2D eigenvalue weighted by molar-refractivity contribution is -0.274. The third kappa shape index (κ3) is 6.00. The smallest absolute Gasteiger partial charge is 0.404 e. The van der Waals surface area contributed by atoms with Gasteiger partial charge in [-0.2, -0.15) is 0 Å². The van der Waals surface area contributed by atoms with Gasteiger partial charge in [-0.3, -0.25) is 4.57 Å². The quantitative estimate of drug-likeness (QED) is 0.356. The SMILES string of the molecule is Cc1nc(Nc2ccc(NC(=O)Nc3ccccc3OC(F)(F)F)cc2)cc(-n2ccnc2)n1. The molecule has 0 bridgehead atoms. The number of urea groups is 1. The summed E-state index contributed by atoms with van der Waals surface area (Å²) in [7, 11) is 0. The zero-order valence-corrected chi connectivity index (χ0v) is 17.7. The highest BCUT2D eigenvalue weighted by Crippen LogP contribution is 2.30. The molecule has 0 atom stereocenters. The number of carbonyl (C=O) groups excluding carboxylic acids is 1. The number of hydrogen-bond donors (Lipinski definition) is 3. The Kier molecular flexibility index (Phi) is 6.30. The Morgan fingerprint density at radius 1 is 1.00 bits per heavy atom. The van der Waals surface area contributed by atoms with Gasteiger partial charge in [0.05, 0.1) is 5.69 Å². The van der Waals surface area contributed by atoms with Gasteiger partial charge >= 0.3 is 12.4 Å². The summed E-state index contributed by atoms with van der Waals surface area (Å²) in [6, 6.07) is 13.0. The van der Waals surface area contributed by atoms with Crippen molar-refractivity contribution in [2.45, 2.75) is 13.3 Å². The van der Waals surface area contributed by atoms with E-state index in [1.165, 1.54) is 18.2 Å². The van der Waals surface area contributed by atoms with Gasteiger partial charge in [0.1, 0.15) is 23.8 Å². The van der Waals surface area contributed by atoms with Crippen molar-refractivity contribution in [3.63, 3.8) is 0 Å². The topological polar surface area (TPSA) is 106 Å². The number of nitrogens with one attached hydrogen (secondary N) is 3. The Bertz CT molecular complexity index is 1280. The van der Waals surface area contributed by atoms with Crippen LogP contribution in [-0.4, -0.2) is 31.9 Å². The molecule has 4 aromatic rings. The average molecular weight is 469 g/mol. The molecule has 174 valence electrons. The predicted octanol–water partition coefficient (Wildman–Crippen LogP) is 5.26. The van der Waals surface area contributed by atoms with E-state index in [9.17, 15) is 18.0 Å². The molecule has 3 N–H and O–H groups in total. The molecule has 0 saturated heterocycles. The van der Waals surface area contributed by atoms with Crippen LogP contribution in [0, 0.1) is 6.92 Å². The van der Waals surface area contributed by atoms with Crippen LogP contribution in [0.4, 0.5) is 40.8 Å². The summed E-state index contributed by atoms with van der Waals surface area (Å²) in [5.74, 6) is 1.27. The number of aryl methyl sites for hydroxylation is 1. The van der Waals surface area contributed by atoms with E-state index in [0.717, 1.165) is 6.07 Å². The number of nitrogens with zero attached hydrogens (tertiary/aromatic N) is 4. The minimum absolute atomic E-state index is 0.122. The van der Waals surface area contributed by atoms with Gasteiger partial charge in [0.2, 0.25) is 0 Å². The molecule has 2 aromatic carbocycles. The number of benzene rings is 2. The molecule has 0 saturated carbocycles. The third-order valence-electron chi connectivity index (χ3n) is 4.37. The van der Waals surface area contributed by atoms with Gasteiger partial charge in [0.25, 0.3) is 0 Å². The Morgan fingerprint density at radius 2 is 1.74 bits per heavy atom. The molecule has 0 aliphatic carbocycles. The van der Waals surface area contributed by atoms with Crippen molar-refractivity contribution in [2.75, 3.05) is 16.0 Å². The molecule has 0 fully saturated rings. The average Bonchev–Trinajstić information content (AvgIpc) is 3.30. The lowest BCUT2D eigenvalue weighted by Crippen LogP contribution is -2.22. The summed E-state index contributed by atoms with van der Waals surface area (Å²) >= 11 is 0. The van der Waals surface area contributed by atoms with Gasteiger partial charge in [-0.05, 0) is 43.3 Å². The van der Waals surface area contributed by atoms with Gasteiger partial charge in [-0.25, -0.2) is 19.7 Å². The van der Waals surface area contributed by atoms with Crippen LogP contribution in [0.1, 0.15) is 5.82 Å². The van der Waals surface area contributed by atoms with Crippen LogP contribution in [-0.2, 0) is 0 Å². The Labute approximate surface area is 191 Å². The van der Waals surface area contributed by atoms with Gasteiger partial charge in [0.15, 0.2) is 5.75 Å². The van der Waals surface area contributed by atoms with E-state index in [0.29, 0.717) is 28.8 Å². The minimum Gasteiger partial charge on any atom is -0.404 e. The molecule has 2 amide bonds. The van der Waals surface area contributed by atoms with Crippen molar-refractivity contribution in [1.29, 1.82) is 0 Å². The van der Waals surface area contributed by atoms with Crippen molar-refractivity contribution >= 4 is 28.9 Å². The molecule has 0 aliphatic heterocycles. The molecule has 9 nitrogen and oxygen atoms in total. The summed E-state index contributed by atoms with van der Waals surface area (Å²) in [4.78, 5) is 25.0. The maximum absolute atomic E-state index is 12.5. The maximum atomic E-state index is 12.5. The van der Waals surface area contributed by atoms with Crippen LogP contribution in [0.15, 0.2) is 73.3 Å². The monoisotopic (exact) mass is 469 g/mol. The lowest BCUT2D eigenvalue weighted by atomic mass is 10.2. The molecule has 2 aromatic heterocycles. The maximum Gasteiger partial charge on any atom is 0.573 e. The number of aromatic nitrogens is 4. The highest BCUT2D eigenvalue weighted by atomic mass is 19.4. The van der Waals surface area contributed by atoms with Crippen LogP contribution in [0.25, 0.3) is 5.82 Å². The third-order valence-corrected chi connectivity index (χ3v) is 4.37. The van der Waals surface area contributed by atoms with E-state index in [4.69, 9.17) is 0 Å². The van der Waals surface area contributed by atoms with Crippen LogP contribution >= 0.6 is 0 Å². The van der Waals surface area contributed by atoms with Crippen LogP contribution in [0.5, 0.6) is 5.75 Å². The number of anilines is 4. The minimum atomic E-state index is -4.88. The van der Waals surface area contributed by atoms with Gasteiger partial charge in [-0.15, -0.1) is 13.2 Å². The second-order valence-electron chi connectivity index (χ2n) is 6.95. The number of halogens is 3. The van der Waals surface area contributed by atoms with E-state index >= 15 is 0 Å². The Morgan fingerprint density at radius 3 is 2.44 bits per heavy atom. The summed E-state index contributed by atoms with van der Waals surface area (Å²) < 4.78 is 43.3. The van der Waals surface area contributed by atoms with E-state index in [1.807, 2.05) is 0 Å². The fourth-order valence-corrected chi connectivity index (χ4v) is 3.00. The highest BCUT2D eigenvalue weighted by molar-refractivity contribution is 6.00. The highest BCUT2D eigenvalue weighted by Gasteiger charge is 2.32. The van der Waals surface area contributed by atoms with Crippen molar-refractivity contribution < 1.29 is 22.7 Å². The normalized spacial score (nSPS) is 11.1. The first-order chi connectivity index (χ1) is 16.2. The number of para-hydroxylation sites is 2. The molecule has 2 heterocycles. The standard InChI is InChI=1S/C22H18F3N7O2/c1-14-27-19(12-20(28-14)32-11-10-26-13-32)29-15-6-8-16(9-7-15)30-21(33)31-17-4-2-3-5-18(17)34-22(23,24)25/h2-13H,1H3,(H,27,28,29)(H2,30,31,33). The molecule has 4 rings (SSSR count). The number of carbonyl (C=O) groups is 1. The van der Waals surface area contributed by atoms with E-state index in [-0.39, 0.29) is 5.69 Å². The van der Waals surface area contributed by atoms with E-state index in [1.54, 1.807) is 60.5 Å². The number of imidazole rings is 1. The fraction of sp³-hybridized carbons (Fsp3) is 0.0909. The zero-order chi connectivity index (χ0) is 24.1. The summed E-state index contributed by atoms with van der Waals surface area (Å²) in [6.45, 7) is 1.77. The molecular formula is C22H18F3N7O2. The molecular weight excluding hydrogens is 451 g/mol. The fourth-order valence-electron chi connectivity index (χ4n) is 3.00. The van der Waals surface area contributed by atoms with Gasteiger partial charge in [-0.1, -0.05) is 12.1 Å². The van der Waals surface area contributed by atoms with Crippen molar-refractivity contribution in [2.24, 2.45) is 0 Å². The summed E-state index contributed by atoms with van der Waals surface area (Å²) in [5.41, 5.74) is 1.00.